The fraction of sp³-hybridized carbons (Fsp3) is 0.917. The third-order valence-corrected chi connectivity index (χ3v) is 4.74. The van der Waals surface area contributed by atoms with Crippen molar-refractivity contribution in [3.8, 4) is 0 Å². The van der Waals surface area contributed by atoms with Crippen molar-refractivity contribution in [2.24, 2.45) is 16.6 Å². The minimum atomic E-state index is -2.45. The number of halogens is 3. The Bertz CT molecular complexity index is 376. The molecule has 0 amide bonds. The maximum absolute atomic E-state index is 12.9. The number of rotatable bonds is 1. The molecule has 0 aromatic rings. The topological polar surface area (TPSA) is 52.3 Å². The van der Waals surface area contributed by atoms with Gasteiger partial charge in [-0.25, -0.2) is 8.78 Å². The van der Waals surface area contributed by atoms with Crippen LogP contribution in [0.3, 0.4) is 0 Å². The van der Waals surface area contributed by atoms with Crippen LogP contribution < -0.4 is 5.73 Å². The Kier molecular flexibility index (Phi) is 2.78. The van der Waals surface area contributed by atoms with E-state index in [1.165, 1.54) is 7.11 Å². The zero-order valence-corrected chi connectivity index (χ0v) is 11.1. The lowest BCUT2D eigenvalue weighted by Gasteiger charge is -2.69. The monoisotopic (exact) mass is 281 g/mol. The van der Waals surface area contributed by atoms with E-state index in [2.05, 4.69) is 4.74 Å². The van der Waals surface area contributed by atoms with Gasteiger partial charge in [0.25, 0.3) is 0 Å². The fourth-order valence-electron chi connectivity index (χ4n) is 4.72. The first-order valence-corrected chi connectivity index (χ1v) is 5.98. The van der Waals surface area contributed by atoms with E-state index in [-0.39, 0.29) is 42.0 Å². The van der Waals surface area contributed by atoms with Crippen molar-refractivity contribution in [3.63, 3.8) is 0 Å². The predicted molar refractivity (Wildman–Crippen MR) is 63.7 cm³/mol. The number of hydrogen-bond donors (Lipinski definition) is 1. The molecule has 0 aromatic heterocycles. The van der Waals surface area contributed by atoms with Crippen LogP contribution in [0.15, 0.2) is 0 Å². The standard InChI is InChI=1S/C12H17F2NO2.ClH/c1-17-8(16)11(15)4-9(5-11)2-10(3-9)6-12(13,14)7-10;/h2-7,15H2,1H3;1H. The predicted octanol–water partition coefficient (Wildman–Crippen LogP) is 2.27. The average molecular weight is 282 g/mol. The quantitative estimate of drug-likeness (QED) is 0.750. The Balaban J connectivity index is 0.00000120. The average Bonchev–Trinajstić information content (AvgIpc) is 2.08. The number of alkyl halides is 2. The number of nitrogens with two attached hydrogens (primary N) is 1. The highest BCUT2D eigenvalue weighted by molar-refractivity contribution is 5.85. The van der Waals surface area contributed by atoms with E-state index >= 15 is 0 Å². The second-order valence-corrected chi connectivity index (χ2v) is 6.56. The summed E-state index contributed by atoms with van der Waals surface area (Å²) in [5, 5.41) is 0. The van der Waals surface area contributed by atoms with Gasteiger partial charge in [-0.2, -0.15) is 0 Å². The normalized spacial score (nSPS) is 31.6. The molecule has 6 heteroatoms. The van der Waals surface area contributed by atoms with Gasteiger partial charge in [-0.05, 0) is 36.5 Å². The van der Waals surface area contributed by atoms with Gasteiger partial charge in [0.2, 0.25) is 5.92 Å². The molecule has 3 aliphatic carbocycles. The molecule has 3 saturated carbocycles. The molecule has 0 radical (unpaired) electrons. The largest absolute Gasteiger partial charge is 0.468 e. The zero-order chi connectivity index (χ0) is 12.5. The molecule has 3 nitrogen and oxygen atoms in total. The van der Waals surface area contributed by atoms with Gasteiger partial charge in [0, 0.05) is 12.8 Å². The fourth-order valence-corrected chi connectivity index (χ4v) is 4.72. The Morgan fingerprint density at radius 1 is 1.06 bits per heavy atom. The molecule has 0 saturated heterocycles. The van der Waals surface area contributed by atoms with E-state index in [0.29, 0.717) is 12.8 Å². The van der Waals surface area contributed by atoms with Crippen molar-refractivity contribution in [1.82, 2.24) is 0 Å². The molecule has 0 heterocycles. The summed E-state index contributed by atoms with van der Waals surface area (Å²) in [6.45, 7) is 0. The summed E-state index contributed by atoms with van der Waals surface area (Å²) in [7, 11) is 1.33. The van der Waals surface area contributed by atoms with Crippen molar-refractivity contribution in [2.75, 3.05) is 7.11 Å². The number of ether oxygens (including phenoxy) is 1. The summed E-state index contributed by atoms with van der Waals surface area (Å²) in [6, 6.07) is 0. The molecule has 3 rings (SSSR count). The van der Waals surface area contributed by atoms with Gasteiger partial charge in [-0.15, -0.1) is 12.4 Å². The summed E-state index contributed by atoms with van der Waals surface area (Å²) in [4.78, 5) is 11.4. The molecule has 0 atom stereocenters. The smallest absolute Gasteiger partial charge is 0.325 e. The van der Waals surface area contributed by atoms with Gasteiger partial charge in [-0.1, -0.05) is 0 Å². The van der Waals surface area contributed by atoms with Crippen molar-refractivity contribution in [1.29, 1.82) is 0 Å². The zero-order valence-electron chi connectivity index (χ0n) is 10.3. The van der Waals surface area contributed by atoms with Crippen LogP contribution in [-0.4, -0.2) is 24.5 Å². The van der Waals surface area contributed by atoms with Crippen LogP contribution in [0.1, 0.15) is 38.5 Å². The van der Waals surface area contributed by atoms with E-state index in [1.807, 2.05) is 0 Å². The van der Waals surface area contributed by atoms with Crippen molar-refractivity contribution in [2.45, 2.75) is 50.0 Å². The number of carbonyl (C=O) groups is 1. The molecule has 18 heavy (non-hydrogen) atoms. The Morgan fingerprint density at radius 3 is 1.89 bits per heavy atom. The second-order valence-electron chi connectivity index (χ2n) is 6.56. The van der Waals surface area contributed by atoms with Crippen molar-refractivity contribution in [3.05, 3.63) is 0 Å². The molecule has 104 valence electrons. The third-order valence-electron chi connectivity index (χ3n) is 4.74. The van der Waals surface area contributed by atoms with Gasteiger partial charge in [0.05, 0.1) is 7.11 Å². The van der Waals surface area contributed by atoms with Crippen LogP contribution >= 0.6 is 12.4 Å². The number of methoxy groups -OCH3 is 1. The Morgan fingerprint density at radius 2 is 1.50 bits per heavy atom. The maximum atomic E-state index is 12.9. The maximum Gasteiger partial charge on any atom is 0.325 e. The van der Waals surface area contributed by atoms with Crippen LogP contribution in [0.5, 0.6) is 0 Å². The molecule has 2 N–H and O–H groups in total. The van der Waals surface area contributed by atoms with E-state index in [4.69, 9.17) is 5.73 Å². The summed E-state index contributed by atoms with van der Waals surface area (Å²) in [6.07, 6.45) is 2.87. The molecular weight excluding hydrogens is 264 g/mol. The van der Waals surface area contributed by atoms with Gasteiger partial charge in [0.15, 0.2) is 0 Å². The first kappa shape index (κ1) is 14.0. The number of carbonyl (C=O) groups excluding carboxylic acids is 1. The second kappa shape index (κ2) is 3.57. The molecule has 0 unspecified atom stereocenters. The summed E-state index contributed by atoms with van der Waals surface area (Å²) in [5.74, 6) is -2.82. The minimum Gasteiger partial charge on any atom is -0.468 e. The van der Waals surface area contributed by atoms with Crippen molar-refractivity contribution >= 4 is 18.4 Å². The molecule has 0 aromatic carbocycles. The lowest BCUT2D eigenvalue weighted by Crippen LogP contribution is -2.71. The lowest BCUT2D eigenvalue weighted by atomic mass is 9.36. The highest BCUT2D eigenvalue weighted by Gasteiger charge is 2.72. The Labute approximate surface area is 111 Å². The highest BCUT2D eigenvalue weighted by atomic mass is 35.5. The molecule has 2 spiro atoms. The molecular formula is C12H18ClF2NO2. The van der Waals surface area contributed by atoms with Crippen molar-refractivity contribution < 1.29 is 18.3 Å². The minimum absolute atomic E-state index is 0. The molecule has 0 aliphatic heterocycles. The van der Waals surface area contributed by atoms with E-state index < -0.39 is 11.5 Å². The molecule has 3 aliphatic rings. The first-order chi connectivity index (χ1) is 7.72. The molecule has 0 bridgehead atoms. The van der Waals surface area contributed by atoms with Crippen LogP contribution in [0, 0.1) is 10.8 Å². The van der Waals surface area contributed by atoms with Gasteiger partial charge < -0.3 is 10.5 Å². The van der Waals surface area contributed by atoms with Gasteiger partial charge in [-0.3, -0.25) is 4.79 Å². The molecule has 3 fully saturated rings. The number of hydrogen-bond acceptors (Lipinski definition) is 3. The van der Waals surface area contributed by atoms with Gasteiger partial charge in [0.1, 0.15) is 5.54 Å². The SMILES string of the molecule is COC(=O)C1(N)CC2(CC3(CC(F)(F)C3)C2)C1.Cl. The summed E-state index contributed by atoms with van der Waals surface area (Å²) >= 11 is 0. The third kappa shape index (κ3) is 1.74. The van der Waals surface area contributed by atoms with Crippen LogP contribution in [0.25, 0.3) is 0 Å². The van der Waals surface area contributed by atoms with Crippen LogP contribution in [0.4, 0.5) is 8.78 Å². The van der Waals surface area contributed by atoms with E-state index in [9.17, 15) is 13.6 Å². The van der Waals surface area contributed by atoms with E-state index in [1.54, 1.807) is 0 Å². The first-order valence-electron chi connectivity index (χ1n) is 5.98. The van der Waals surface area contributed by atoms with Crippen LogP contribution in [-0.2, 0) is 9.53 Å². The van der Waals surface area contributed by atoms with Gasteiger partial charge >= 0.3 is 5.97 Å². The Hall–Kier alpha value is -0.420. The summed E-state index contributed by atoms with van der Waals surface area (Å²) in [5.41, 5.74) is 4.98. The highest BCUT2D eigenvalue weighted by Crippen LogP contribution is 2.75. The van der Waals surface area contributed by atoms with Crippen LogP contribution in [0.2, 0.25) is 0 Å². The van der Waals surface area contributed by atoms with E-state index in [0.717, 1.165) is 12.8 Å². The summed E-state index contributed by atoms with van der Waals surface area (Å²) < 4.78 is 30.4. The lowest BCUT2D eigenvalue weighted by molar-refractivity contribution is -0.258. The number of esters is 1.